The van der Waals surface area contributed by atoms with Gasteiger partial charge in [-0.1, -0.05) is 0 Å². The van der Waals surface area contributed by atoms with Gasteiger partial charge in [0.2, 0.25) is 0 Å². The Kier molecular flexibility index (Phi) is 3.66. The maximum absolute atomic E-state index is 5.76. The first kappa shape index (κ1) is 11.9. The third-order valence-corrected chi connectivity index (χ3v) is 4.41. The molecule has 0 aliphatic carbocycles. The van der Waals surface area contributed by atoms with Crippen LogP contribution >= 0.6 is 0 Å². The van der Waals surface area contributed by atoms with E-state index in [1.165, 1.54) is 32.5 Å². The SMILES string of the molecule is C1CC(CN2CCC3(CC2)OCCO3)CCN1. The molecule has 3 aliphatic rings. The van der Waals surface area contributed by atoms with Crippen LogP contribution in [0, 0.1) is 5.92 Å². The van der Waals surface area contributed by atoms with Crippen molar-refractivity contribution in [2.75, 3.05) is 45.9 Å². The summed E-state index contributed by atoms with van der Waals surface area (Å²) < 4.78 is 11.5. The summed E-state index contributed by atoms with van der Waals surface area (Å²) in [4.78, 5) is 2.60. The van der Waals surface area contributed by atoms with Crippen molar-refractivity contribution in [2.24, 2.45) is 5.92 Å². The molecule has 3 rings (SSSR count). The number of ether oxygens (including phenoxy) is 2. The van der Waals surface area contributed by atoms with Crippen LogP contribution < -0.4 is 5.32 Å². The molecule has 3 aliphatic heterocycles. The van der Waals surface area contributed by atoms with Gasteiger partial charge in [0.05, 0.1) is 13.2 Å². The van der Waals surface area contributed by atoms with Crippen molar-refractivity contribution in [1.82, 2.24) is 10.2 Å². The minimum Gasteiger partial charge on any atom is -0.347 e. The fourth-order valence-electron chi connectivity index (χ4n) is 3.29. The lowest BCUT2D eigenvalue weighted by Crippen LogP contribution is -2.47. The Morgan fingerprint density at radius 1 is 1.06 bits per heavy atom. The first-order valence-electron chi connectivity index (χ1n) is 7.07. The van der Waals surface area contributed by atoms with E-state index >= 15 is 0 Å². The molecule has 17 heavy (non-hydrogen) atoms. The standard InChI is InChI=1S/C13H24N2O2/c1-5-14-6-2-12(1)11-15-7-3-13(4-8-15)16-9-10-17-13/h12,14H,1-11H2. The van der Waals surface area contributed by atoms with Gasteiger partial charge in [0.15, 0.2) is 5.79 Å². The van der Waals surface area contributed by atoms with Gasteiger partial charge in [0, 0.05) is 32.5 Å². The fraction of sp³-hybridized carbons (Fsp3) is 1.00. The Bertz CT molecular complexity index is 238. The van der Waals surface area contributed by atoms with Gasteiger partial charge >= 0.3 is 0 Å². The first-order valence-corrected chi connectivity index (χ1v) is 7.07. The highest BCUT2D eigenvalue weighted by molar-refractivity contribution is 4.84. The molecule has 3 fully saturated rings. The highest BCUT2D eigenvalue weighted by atomic mass is 16.7. The van der Waals surface area contributed by atoms with Crippen molar-refractivity contribution < 1.29 is 9.47 Å². The molecule has 0 saturated carbocycles. The fourth-order valence-corrected chi connectivity index (χ4v) is 3.29. The van der Waals surface area contributed by atoms with E-state index in [-0.39, 0.29) is 5.79 Å². The summed E-state index contributed by atoms with van der Waals surface area (Å²) in [6.07, 6.45) is 4.79. The molecular weight excluding hydrogens is 216 g/mol. The van der Waals surface area contributed by atoms with Gasteiger partial charge < -0.3 is 19.7 Å². The van der Waals surface area contributed by atoms with Gasteiger partial charge in [-0.2, -0.15) is 0 Å². The van der Waals surface area contributed by atoms with Crippen molar-refractivity contribution in [3.8, 4) is 0 Å². The molecule has 0 aromatic heterocycles. The van der Waals surface area contributed by atoms with E-state index in [0.29, 0.717) is 0 Å². The summed E-state index contributed by atoms with van der Waals surface area (Å²) in [5.74, 6) is 0.695. The molecule has 98 valence electrons. The van der Waals surface area contributed by atoms with Crippen LogP contribution in [0.15, 0.2) is 0 Å². The predicted octanol–water partition coefficient (Wildman–Crippen LogP) is 0.825. The largest absolute Gasteiger partial charge is 0.347 e. The minimum absolute atomic E-state index is 0.204. The molecule has 0 radical (unpaired) electrons. The third-order valence-electron chi connectivity index (χ3n) is 4.41. The van der Waals surface area contributed by atoms with Gasteiger partial charge in [-0.3, -0.25) is 0 Å². The molecule has 0 atom stereocenters. The molecule has 1 spiro atoms. The van der Waals surface area contributed by atoms with E-state index in [1.807, 2.05) is 0 Å². The van der Waals surface area contributed by atoms with E-state index < -0.39 is 0 Å². The molecule has 4 nitrogen and oxygen atoms in total. The summed E-state index contributed by atoms with van der Waals surface area (Å²) in [6.45, 7) is 7.54. The second-order valence-electron chi connectivity index (χ2n) is 5.60. The Morgan fingerprint density at radius 2 is 1.71 bits per heavy atom. The third kappa shape index (κ3) is 2.81. The Hall–Kier alpha value is -0.160. The maximum atomic E-state index is 5.76. The topological polar surface area (TPSA) is 33.7 Å². The van der Waals surface area contributed by atoms with Gasteiger partial charge in [0.1, 0.15) is 0 Å². The lowest BCUT2D eigenvalue weighted by molar-refractivity contribution is -0.185. The Morgan fingerprint density at radius 3 is 2.35 bits per heavy atom. The second kappa shape index (κ2) is 5.22. The average Bonchev–Trinajstić information content (AvgIpc) is 2.83. The lowest BCUT2D eigenvalue weighted by Gasteiger charge is -2.39. The lowest BCUT2D eigenvalue weighted by atomic mass is 9.95. The summed E-state index contributed by atoms with van der Waals surface area (Å²) in [5.41, 5.74) is 0. The summed E-state index contributed by atoms with van der Waals surface area (Å²) >= 11 is 0. The molecule has 0 unspecified atom stereocenters. The van der Waals surface area contributed by atoms with Gasteiger partial charge in [-0.25, -0.2) is 0 Å². The molecule has 0 amide bonds. The number of hydrogen-bond acceptors (Lipinski definition) is 4. The molecule has 3 heterocycles. The summed E-state index contributed by atoms with van der Waals surface area (Å²) in [6, 6.07) is 0. The quantitative estimate of drug-likeness (QED) is 0.775. The van der Waals surface area contributed by atoms with Crippen molar-refractivity contribution >= 4 is 0 Å². The number of rotatable bonds is 2. The average molecular weight is 240 g/mol. The van der Waals surface area contributed by atoms with E-state index in [9.17, 15) is 0 Å². The number of nitrogens with one attached hydrogen (secondary N) is 1. The minimum atomic E-state index is -0.204. The molecule has 0 bridgehead atoms. The van der Waals surface area contributed by atoms with Gasteiger partial charge in [-0.15, -0.1) is 0 Å². The highest BCUT2D eigenvalue weighted by Gasteiger charge is 2.39. The number of nitrogens with zero attached hydrogens (tertiary/aromatic N) is 1. The zero-order valence-electron chi connectivity index (χ0n) is 10.6. The molecule has 3 saturated heterocycles. The maximum Gasteiger partial charge on any atom is 0.170 e. The zero-order chi connectivity index (χ0) is 11.6. The number of hydrogen-bond donors (Lipinski definition) is 1. The van der Waals surface area contributed by atoms with Crippen LogP contribution in [-0.4, -0.2) is 56.6 Å². The van der Waals surface area contributed by atoms with Gasteiger partial charge in [0.25, 0.3) is 0 Å². The van der Waals surface area contributed by atoms with Crippen molar-refractivity contribution in [2.45, 2.75) is 31.5 Å². The second-order valence-corrected chi connectivity index (χ2v) is 5.60. The van der Waals surface area contributed by atoms with Crippen molar-refractivity contribution in [3.05, 3.63) is 0 Å². The van der Waals surface area contributed by atoms with E-state index in [2.05, 4.69) is 10.2 Å². The molecule has 0 aromatic rings. The van der Waals surface area contributed by atoms with Crippen LogP contribution in [0.3, 0.4) is 0 Å². The zero-order valence-corrected chi connectivity index (χ0v) is 10.6. The van der Waals surface area contributed by atoms with Crippen molar-refractivity contribution in [1.29, 1.82) is 0 Å². The Labute approximate surface area is 104 Å². The van der Waals surface area contributed by atoms with E-state index in [4.69, 9.17) is 9.47 Å². The summed E-state index contributed by atoms with van der Waals surface area (Å²) in [7, 11) is 0. The molecule has 0 aromatic carbocycles. The molecule has 4 heteroatoms. The first-order chi connectivity index (χ1) is 8.36. The predicted molar refractivity (Wildman–Crippen MR) is 65.9 cm³/mol. The monoisotopic (exact) mass is 240 g/mol. The van der Waals surface area contributed by atoms with Gasteiger partial charge in [-0.05, 0) is 31.8 Å². The number of piperidine rings is 2. The van der Waals surface area contributed by atoms with Crippen LogP contribution in [0.2, 0.25) is 0 Å². The molecule has 1 N–H and O–H groups in total. The van der Waals surface area contributed by atoms with Crippen molar-refractivity contribution in [3.63, 3.8) is 0 Å². The van der Waals surface area contributed by atoms with Crippen LogP contribution in [0.1, 0.15) is 25.7 Å². The van der Waals surface area contributed by atoms with Crippen LogP contribution in [0.5, 0.6) is 0 Å². The van der Waals surface area contributed by atoms with Crippen LogP contribution in [0.4, 0.5) is 0 Å². The normalized spacial score (nSPS) is 31.1. The smallest absolute Gasteiger partial charge is 0.170 e. The molecular formula is C13H24N2O2. The van der Waals surface area contributed by atoms with E-state index in [1.54, 1.807) is 0 Å². The number of likely N-dealkylation sites (tertiary alicyclic amines) is 1. The van der Waals surface area contributed by atoms with Crippen LogP contribution in [0.25, 0.3) is 0 Å². The van der Waals surface area contributed by atoms with Crippen LogP contribution in [-0.2, 0) is 9.47 Å². The summed E-state index contributed by atoms with van der Waals surface area (Å²) in [5, 5.41) is 3.43. The van der Waals surface area contributed by atoms with E-state index in [0.717, 1.165) is 45.1 Å². The highest BCUT2D eigenvalue weighted by Crippen LogP contribution is 2.31. The Balaban J connectivity index is 1.44.